The average molecular weight is 287 g/mol. The standard InChI is InChI=1S/C15H13NO3S/c1-15(14(18)19)8-20-13(16-15)11-6-9-4-2-3-5-10(9)7-12(11)17/h2-7,17H,8H2,1H3,(H,18,19)/t15-/m1/s1. The largest absolute Gasteiger partial charge is 0.507 e. The van der Waals surface area contributed by atoms with Crippen molar-refractivity contribution in [3.63, 3.8) is 0 Å². The smallest absolute Gasteiger partial charge is 0.332 e. The highest BCUT2D eigenvalue weighted by molar-refractivity contribution is 8.14. The topological polar surface area (TPSA) is 69.9 Å². The van der Waals surface area contributed by atoms with Crippen LogP contribution in [-0.4, -0.2) is 32.5 Å². The molecule has 20 heavy (non-hydrogen) atoms. The minimum absolute atomic E-state index is 0.129. The van der Waals surface area contributed by atoms with E-state index >= 15 is 0 Å². The third-order valence-electron chi connectivity index (χ3n) is 3.39. The van der Waals surface area contributed by atoms with Crippen LogP contribution < -0.4 is 0 Å². The highest BCUT2D eigenvalue weighted by Gasteiger charge is 2.39. The van der Waals surface area contributed by atoms with Crippen molar-refractivity contribution in [1.29, 1.82) is 0 Å². The average Bonchev–Trinajstić information content (AvgIpc) is 2.82. The molecular weight excluding hydrogens is 274 g/mol. The van der Waals surface area contributed by atoms with Crippen LogP contribution in [0.4, 0.5) is 0 Å². The molecule has 0 radical (unpaired) electrons. The fraction of sp³-hybridized carbons (Fsp3) is 0.200. The number of carboxylic acid groups (broad SMARTS) is 1. The number of thioether (sulfide) groups is 1. The molecule has 2 N–H and O–H groups in total. The lowest BCUT2D eigenvalue weighted by molar-refractivity contribution is -0.141. The second-order valence-electron chi connectivity index (χ2n) is 5.00. The van der Waals surface area contributed by atoms with E-state index in [1.165, 1.54) is 11.8 Å². The van der Waals surface area contributed by atoms with Crippen LogP contribution in [0.2, 0.25) is 0 Å². The Morgan fingerprint density at radius 3 is 2.55 bits per heavy atom. The molecule has 1 aliphatic heterocycles. The first kappa shape index (κ1) is 13.0. The number of aliphatic imine (C=N–C) groups is 1. The Bertz CT molecular complexity index is 741. The molecule has 2 aromatic rings. The number of carbonyl (C=O) groups is 1. The maximum absolute atomic E-state index is 11.2. The van der Waals surface area contributed by atoms with E-state index in [2.05, 4.69) is 4.99 Å². The van der Waals surface area contributed by atoms with E-state index in [1.54, 1.807) is 13.0 Å². The van der Waals surface area contributed by atoms with Crippen LogP contribution in [0.5, 0.6) is 5.75 Å². The normalized spacial score (nSPS) is 21.9. The molecule has 2 aromatic carbocycles. The molecular formula is C15H13NO3S. The molecule has 1 atom stereocenters. The molecule has 1 heterocycles. The van der Waals surface area contributed by atoms with Gasteiger partial charge in [-0.1, -0.05) is 24.3 Å². The first-order chi connectivity index (χ1) is 9.49. The number of aromatic hydroxyl groups is 1. The molecule has 4 nitrogen and oxygen atoms in total. The number of hydrogen-bond acceptors (Lipinski definition) is 4. The summed E-state index contributed by atoms with van der Waals surface area (Å²) in [6.07, 6.45) is 0. The molecule has 0 amide bonds. The third-order valence-corrected chi connectivity index (χ3v) is 4.68. The zero-order chi connectivity index (χ0) is 14.3. The van der Waals surface area contributed by atoms with Crippen molar-refractivity contribution in [2.75, 3.05) is 5.75 Å². The first-order valence-corrected chi connectivity index (χ1v) is 7.16. The summed E-state index contributed by atoms with van der Waals surface area (Å²) in [6.45, 7) is 1.59. The van der Waals surface area contributed by atoms with Gasteiger partial charge in [0.25, 0.3) is 0 Å². The molecule has 3 rings (SSSR count). The summed E-state index contributed by atoms with van der Waals surface area (Å²) < 4.78 is 0. The molecule has 0 fully saturated rings. The summed E-state index contributed by atoms with van der Waals surface area (Å²) in [4.78, 5) is 15.5. The van der Waals surface area contributed by atoms with E-state index in [0.29, 0.717) is 16.4 Å². The number of carboxylic acids is 1. The van der Waals surface area contributed by atoms with Gasteiger partial charge in [0.15, 0.2) is 5.54 Å². The molecule has 0 saturated heterocycles. The van der Waals surface area contributed by atoms with Gasteiger partial charge in [0.1, 0.15) is 10.8 Å². The van der Waals surface area contributed by atoms with E-state index < -0.39 is 11.5 Å². The predicted octanol–water partition coefficient (Wildman–Crippen LogP) is 2.88. The van der Waals surface area contributed by atoms with Gasteiger partial charge < -0.3 is 10.2 Å². The van der Waals surface area contributed by atoms with Gasteiger partial charge in [0.05, 0.1) is 0 Å². The minimum Gasteiger partial charge on any atom is -0.507 e. The lowest BCUT2D eigenvalue weighted by Crippen LogP contribution is -2.33. The lowest BCUT2D eigenvalue weighted by atomic mass is 10.1. The van der Waals surface area contributed by atoms with Gasteiger partial charge in [-0.2, -0.15) is 0 Å². The molecule has 0 spiro atoms. The third kappa shape index (κ3) is 2.04. The molecule has 0 saturated carbocycles. The van der Waals surface area contributed by atoms with Crippen molar-refractivity contribution in [2.24, 2.45) is 4.99 Å². The van der Waals surface area contributed by atoms with Crippen LogP contribution in [-0.2, 0) is 4.79 Å². The monoisotopic (exact) mass is 287 g/mol. The fourth-order valence-corrected chi connectivity index (χ4v) is 3.34. The van der Waals surface area contributed by atoms with Crippen LogP contribution in [0.3, 0.4) is 0 Å². The zero-order valence-electron chi connectivity index (χ0n) is 10.8. The molecule has 0 unspecified atom stereocenters. The Morgan fingerprint density at radius 1 is 1.30 bits per heavy atom. The highest BCUT2D eigenvalue weighted by Crippen LogP contribution is 2.35. The second kappa shape index (κ2) is 4.52. The number of fused-ring (bicyclic) bond motifs is 1. The van der Waals surface area contributed by atoms with Crippen molar-refractivity contribution in [2.45, 2.75) is 12.5 Å². The van der Waals surface area contributed by atoms with E-state index in [-0.39, 0.29) is 5.75 Å². The summed E-state index contributed by atoms with van der Waals surface area (Å²) in [6, 6.07) is 11.2. The number of phenols is 1. The van der Waals surface area contributed by atoms with Crippen molar-refractivity contribution in [1.82, 2.24) is 0 Å². The van der Waals surface area contributed by atoms with E-state index in [9.17, 15) is 15.0 Å². The summed E-state index contributed by atoms with van der Waals surface area (Å²) in [5, 5.41) is 21.8. The fourth-order valence-electron chi connectivity index (χ4n) is 2.14. The number of aliphatic carboxylic acids is 1. The maximum atomic E-state index is 11.2. The van der Waals surface area contributed by atoms with E-state index in [0.717, 1.165) is 10.8 Å². The molecule has 0 bridgehead atoms. The number of rotatable bonds is 2. The Morgan fingerprint density at radius 2 is 1.95 bits per heavy atom. The van der Waals surface area contributed by atoms with Gasteiger partial charge in [-0.3, -0.25) is 4.99 Å². The van der Waals surface area contributed by atoms with E-state index in [4.69, 9.17) is 0 Å². The molecule has 1 aliphatic rings. The quantitative estimate of drug-likeness (QED) is 0.891. The summed E-state index contributed by atoms with van der Waals surface area (Å²) in [5.41, 5.74) is -0.517. The van der Waals surface area contributed by atoms with Gasteiger partial charge in [0.2, 0.25) is 0 Å². The summed E-state index contributed by atoms with van der Waals surface area (Å²) >= 11 is 1.36. The van der Waals surface area contributed by atoms with Crippen LogP contribution in [0.15, 0.2) is 41.4 Å². The van der Waals surface area contributed by atoms with Crippen LogP contribution >= 0.6 is 11.8 Å². The Balaban J connectivity index is 2.11. The number of phenolic OH excluding ortho intramolecular Hbond substituents is 1. The van der Waals surface area contributed by atoms with Gasteiger partial charge in [-0.15, -0.1) is 11.8 Å². The van der Waals surface area contributed by atoms with Crippen molar-refractivity contribution in [3.05, 3.63) is 42.0 Å². The summed E-state index contributed by atoms with van der Waals surface area (Å²) in [5.74, 6) is -0.436. The Hall–Kier alpha value is -2.01. The zero-order valence-corrected chi connectivity index (χ0v) is 11.6. The summed E-state index contributed by atoms with van der Waals surface area (Å²) in [7, 11) is 0. The van der Waals surface area contributed by atoms with E-state index in [1.807, 2.05) is 30.3 Å². The Kier molecular flexibility index (Phi) is 2.94. The lowest BCUT2D eigenvalue weighted by Gasteiger charge is -2.11. The number of benzene rings is 2. The molecule has 0 aromatic heterocycles. The number of nitrogens with zero attached hydrogens (tertiary/aromatic N) is 1. The van der Waals surface area contributed by atoms with Crippen LogP contribution in [0, 0.1) is 0 Å². The molecule has 5 heteroatoms. The van der Waals surface area contributed by atoms with Gasteiger partial charge in [-0.25, -0.2) is 4.79 Å². The van der Waals surface area contributed by atoms with Gasteiger partial charge >= 0.3 is 5.97 Å². The van der Waals surface area contributed by atoms with Crippen molar-refractivity contribution < 1.29 is 15.0 Å². The molecule has 102 valence electrons. The highest BCUT2D eigenvalue weighted by atomic mass is 32.2. The molecule has 0 aliphatic carbocycles. The van der Waals surface area contributed by atoms with Gasteiger partial charge in [-0.05, 0) is 29.8 Å². The maximum Gasteiger partial charge on any atom is 0.332 e. The second-order valence-corrected chi connectivity index (χ2v) is 5.97. The van der Waals surface area contributed by atoms with Crippen molar-refractivity contribution in [3.8, 4) is 5.75 Å². The SMILES string of the molecule is C[C@]1(C(=O)O)CSC(c2cc3ccccc3cc2O)=N1. The first-order valence-electron chi connectivity index (χ1n) is 6.18. The van der Waals surface area contributed by atoms with Crippen LogP contribution in [0.1, 0.15) is 12.5 Å². The number of hydrogen-bond donors (Lipinski definition) is 2. The van der Waals surface area contributed by atoms with Gasteiger partial charge in [0, 0.05) is 11.3 Å². The minimum atomic E-state index is -1.11. The predicted molar refractivity (Wildman–Crippen MR) is 80.6 cm³/mol. The van der Waals surface area contributed by atoms with Crippen molar-refractivity contribution >= 4 is 33.5 Å². The van der Waals surface area contributed by atoms with Crippen LogP contribution in [0.25, 0.3) is 10.8 Å². The Labute approximate surface area is 120 Å².